The minimum Gasteiger partial charge on any atom is -0.337 e. The number of sulfone groups is 1. The fourth-order valence-electron chi connectivity index (χ4n) is 7.36. The van der Waals surface area contributed by atoms with Crippen molar-refractivity contribution >= 4 is 25.8 Å². The minimum absolute atomic E-state index is 0.0268. The number of likely N-dealkylation sites (tertiary alicyclic amines) is 1. The van der Waals surface area contributed by atoms with E-state index in [0.717, 1.165) is 36.6 Å². The van der Waals surface area contributed by atoms with Crippen molar-refractivity contribution in [1.29, 1.82) is 0 Å². The summed E-state index contributed by atoms with van der Waals surface area (Å²) in [6, 6.07) is 4.07. The predicted octanol–water partition coefficient (Wildman–Crippen LogP) is 5.78. The van der Waals surface area contributed by atoms with Gasteiger partial charge in [0.1, 0.15) is 10.6 Å². The number of amides is 1. The van der Waals surface area contributed by atoms with Crippen LogP contribution in [0.3, 0.4) is 0 Å². The number of fused-ring (bicyclic) bond motifs is 3. The van der Waals surface area contributed by atoms with Gasteiger partial charge in [-0.2, -0.15) is 26.3 Å². The number of carbonyl (C=O) groups is 1. The fraction of sp³-hybridized carbons (Fsp3) is 0.567. The second kappa shape index (κ2) is 11.4. The molecule has 0 N–H and O–H groups in total. The molecular formula is C30H32F8N2O5S2. The average Bonchev–Trinajstić information content (AvgIpc) is 3.27. The third-order valence-electron chi connectivity index (χ3n) is 9.98. The van der Waals surface area contributed by atoms with Crippen LogP contribution in [0.15, 0.2) is 47.4 Å². The molecule has 0 radical (unpaired) electrons. The molecule has 2 fully saturated rings. The summed E-state index contributed by atoms with van der Waals surface area (Å²) in [6.45, 7) is 1.55. The highest BCUT2D eigenvalue weighted by Crippen LogP contribution is 2.56. The first-order valence-corrected chi connectivity index (χ1v) is 18.1. The number of aryl methyl sites for hydroxylation is 1. The van der Waals surface area contributed by atoms with E-state index >= 15 is 4.39 Å². The molecule has 2 aromatic carbocycles. The van der Waals surface area contributed by atoms with Crippen molar-refractivity contribution in [1.82, 2.24) is 9.21 Å². The van der Waals surface area contributed by atoms with Crippen molar-refractivity contribution in [3.63, 3.8) is 0 Å². The van der Waals surface area contributed by atoms with E-state index < -0.39 is 71.4 Å². The number of piperidine rings is 1. The van der Waals surface area contributed by atoms with Gasteiger partial charge < -0.3 is 4.90 Å². The molecule has 47 heavy (non-hydrogen) atoms. The number of alkyl halides is 7. The van der Waals surface area contributed by atoms with E-state index in [4.69, 9.17) is 0 Å². The van der Waals surface area contributed by atoms with Crippen molar-refractivity contribution in [3.05, 3.63) is 65.0 Å². The lowest BCUT2D eigenvalue weighted by molar-refractivity contribution is -0.348. The van der Waals surface area contributed by atoms with Gasteiger partial charge in [0.05, 0.1) is 17.2 Å². The Hall–Kier alpha value is -2.79. The Morgan fingerprint density at radius 1 is 0.851 bits per heavy atom. The molecule has 2 saturated heterocycles. The second-order valence-electron chi connectivity index (χ2n) is 12.8. The Bertz CT molecular complexity index is 1760. The maximum atomic E-state index is 15.1. The van der Waals surface area contributed by atoms with Gasteiger partial charge in [0.2, 0.25) is 15.9 Å². The van der Waals surface area contributed by atoms with E-state index in [1.807, 2.05) is 0 Å². The van der Waals surface area contributed by atoms with E-state index in [0.29, 0.717) is 6.07 Å². The van der Waals surface area contributed by atoms with Crippen molar-refractivity contribution in [2.45, 2.75) is 79.2 Å². The summed E-state index contributed by atoms with van der Waals surface area (Å²) in [5.41, 5.74) is -9.00. The molecule has 1 amide bonds. The standard InChI is InChI=1S/C30H32F8N2O5S2/c1-26(12-15-39(16-13-26)46(2,42)43)25(41)40-17-14-27(47(44,45)22-9-7-21(31)8-10-22)23-11-6-20(18-19(23)4-3-5-24(27)40)28(32,29(33,34)35)30(36,37)38/h6-11,18,24H,3-5,12-17H2,1-2H3/t24-,27-/m0/s1. The number of sulfonamides is 1. The van der Waals surface area contributed by atoms with Crippen molar-refractivity contribution in [3.8, 4) is 0 Å². The van der Waals surface area contributed by atoms with Gasteiger partial charge in [-0.25, -0.2) is 29.9 Å². The van der Waals surface area contributed by atoms with Crippen LogP contribution in [-0.4, -0.2) is 76.2 Å². The van der Waals surface area contributed by atoms with Gasteiger partial charge in [0.25, 0.3) is 0 Å². The van der Waals surface area contributed by atoms with Crippen LogP contribution in [0, 0.1) is 11.2 Å². The van der Waals surface area contributed by atoms with Crippen molar-refractivity contribution in [2.24, 2.45) is 5.41 Å². The van der Waals surface area contributed by atoms with Gasteiger partial charge in [-0.05, 0) is 73.9 Å². The number of benzene rings is 2. The van der Waals surface area contributed by atoms with E-state index in [-0.39, 0.29) is 80.2 Å². The monoisotopic (exact) mass is 716 g/mol. The summed E-state index contributed by atoms with van der Waals surface area (Å²) in [6.07, 6.45) is -12.0. The highest BCUT2D eigenvalue weighted by Gasteiger charge is 2.74. The predicted molar refractivity (Wildman–Crippen MR) is 153 cm³/mol. The molecule has 0 spiro atoms. The molecule has 2 atom stereocenters. The molecule has 7 nitrogen and oxygen atoms in total. The van der Waals surface area contributed by atoms with E-state index in [1.54, 1.807) is 6.92 Å². The molecule has 2 aromatic rings. The molecule has 0 unspecified atom stereocenters. The molecule has 5 rings (SSSR count). The smallest absolute Gasteiger partial charge is 0.337 e. The van der Waals surface area contributed by atoms with Crippen LogP contribution in [0.25, 0.3) is 0 Å². The van der Waals surface area contributed by atoms with E-state index in [2.05, 4.69) is 0 Å². The number of hydrogen-bond acceptors (Lipinski definition) is 5. The van der Waals surface area contributed by atoms with Gasteiger partial charge in [0, 0.05) is 30.6 Å². The maximum Gasteiger partial charge on any atom is 0.435 e. The lowest BCUT2D eigenvalue weighted by Crippen LogP contribution is -2.54. The Kier molecular flexibility index (Phi) is 8.61. The van der Waals surface area contributed by atoms with Crippen LogP contribution >= 0.6 is 0 Å². The Morgan fingerprint density at radius 2 is 1.43 bits per heavy atom. The summed E-state index contributed by atoms with van der Waals surface area (Å²) < 4.78 is 164. The van der Waals surface area contributed by atoms with Gasteiger partial charge in [0.15, 0.2) is 9.84 Å². The minimum atomic E-state index is -6.39. The molecule has 0 bridgehead atoms. The Labute approximate surface area is 266 Å². The molecule has 17 heteroatoms. The highest BCUT2D eigenvalue weighted by atomic mass is 32.2. The fourth-order valence-corrected chi connectivity index (χ4v) is 10.6. The molecule has 0 saturated carbocycles. The zero-order valence-electron chi connectivity index (χ0n) is 25.3. The molecule has 0 aromatic heterocycles. The largest absolute Gasteiger partial charge is 0.435 e. The third kappa shape index (κ3) is 5.53. The number of carbonyl (C=O) groups excluding carboxylic acids is 1. The van der Waals surface area contributed by atoms with Crippen LogP contribution < -0.4 is 0 Å². The van der Waals surface area contributed by atoms with Crippen LogP contribution in [-0.2, 0) is 41.5 Å². The number of halogens is 8. The molecule has 3 aliphatic rings. The summed E-state index contributed by atoms with van der Waals surface area (Å²) in [5.74, 6) is -1.23. The number of rotatable bonds is 5. The first-order chi connectivity index (χ1) is 21.5. The van der Waals surface area contributed by atoms with E-state index in [1.165, 1.54) is 9.21 Å². The van der Waals surface area contributed by atoms with E-state index in [9.17, 15) is 52.4 Å². The van der Waals surface area contributed by atoms with Crippen molar-refractivity contribution in [2.75, 3.05) is 25.9 Å². The Balaban J connectivity index is 1.66. The second-order valence-corrected chi connectivity index (χ2v) is 16.9. The Morgan fingerprint density at radius 3 is 1.96 bits per heavy atom. The quantitative estimate of drug-likeness (QED) is 0.289. The molecule has 2 heterocycles. The molecule has 260 valence electrons. The summed E-state index contributed by atoms with van der Waals surface area (Å²) >= 11 is 0. The van der Waals surface area contributed by atoms with Gasteiger partial charge in [-0.1, -0.05) is 25.1 Å². The maximum absolute atomic E-state index is 15.1. The lowest BCUT2D eigenvalue weighted by Gasteiger charge is -2.43. The average molecular weight is 717 g/mol. The topological polar surface area (TPSA) is 91.8 Å². The third-order valence-corrected chi connectivity index (χ3v) is 13.8. The van der Waals surface area contributed by atoms with Crippen LogP contribution in [0.2, 0.25) is 0 Å². The number of nitrogens with zero attached hydrogens (tertiary/aromatic N) is 2. The van der Waals surface area contributed by atoms with Crippen LogP contribution in [0.4, 0.5) is 35.1 Å². The molecule has 1 aliphatic carbocycles. The summed E-state index contributed by atoms with van der Waals surface area (Å²) in [5, 5.41) is 0. The normalized spacial score (nSPS) is 24.4. The molecular weight excluding hydrogens is 684 g/mol. The molecule has 2 aliphatic heterocycles. The lowest BCUT2D eigenvalue weighted by atomic mass is 9.79. The van der Waals surface area contributed by atoms with Gasteiger partial charge >= 0.3 is 18.0 Å². The first kappa shape index (κ1) is 35.5. The first-order valence-electron chi connectivity index (χ1n) is 14.7. The van der Waals surface area contributed by atoms with Crippen molar-refractivity contribution < 1.29 is 56.8 Å². The highest BCUT2D eigenvalue weighted by molar-refractivity contribution is 7.92. The van der Waals surface area contributed by atoms with Crippen LogP contribution in [0.5, 0.6) is 0 Å². The van der Waals surface area contributed by atoms with Gasteiger partial charge in [-0.15, -0.1) is 0 Å². The van der Waals surface area contributed by atoms with Gasteiger partial charge in [-0.3, -0.25) is 4.79 Å². The summed E-state index contributed by atoms with van der Waals surface area (Å²) in [7, 11) is -8.19. The zero-order chi connectivity index (χ0) is 35.0. The summed E-state index contributed by atoms with van der Waals surface area (Å²) in [4.78, 5) is 15.2. The number of hydrogen-bond donors (Lipinski definition) is 0. The van der Waals surface area contributed by atoms with Crippen LogP contribution in [0.1, 0.15) is 55.7 Å². The SMILES string of the molecule is CC1(C(=O)N2CC[C@]3(S(=O)(=O)c4ccc(F)cc4)c4ccc(C(F)(C(F)(F)F)C(F)(F)F)cc4CCC[C@H]23)CCN(S(C)(=O)=O)CC1. The zero-order valence-corrected chi connectivity index (χ0v) is 26.9.